The van der Waals surface area contributed by atoms with Gasteiger partial charge in [0.05, 0.1) is 17.0 Å². The lowest BCUT2D eigenvalue weighted by Crippen LogP contribution is -2.43. The van der Waals surface area contributed by atoms with E-state index in [-0.39, 0.29) is 12.5 Å². The summed E-state index contributed by atoms with van der Waals surface area (Å²) in [5.74, 6) is 5.96. The summed E-state index contributed by atoms with van der Waals surface area (Å²) in [6.07, 6.45) is 0.472. The number of carbonyl (C=O) groups excluding carboxylic acids is 1. The lowest BCUT2D eigenvalue weighted by molar-refractivity contribution is 0.0754. The van der Waals surface area contributed by atoms with Crippen molar-refractivity contribution in [2.75, 3.05) is 19.7 Å². The Morgan fingerprint density at radius 2 is 2.15 bits per heavy atom. The Kier molecular flexibility index (Phi) is 5.53. The highest BCUT2D eigenvalue weighted by molar-refractivity contribution is 8.00. The number of carbonyl (C=O) groups is 1. The van der Waals surface area contributed by atoms with Crippen molar-refractivity contribution in [1.82, 2.24) is 4.90 Å². The van der Waals surface area contributed by atoms with E-state index in [2.05, 4.69) is 25.7 Å². The third kappa shape index (κ3) is 4.02. The van der Waals surface area contributed by atoms with Gasteiger partial charge in [0.15, 0.2) is 0 Å². The summed E-state index contributed by atoms with van der Waals surface area (Å²) in [4.78, 5) is 15.3. The zero-order chi connectivity index (χ0) is 14.5. The first kappa shape index (κ1) is 15.4. The van der Waals surface area contributed by atoms with E-state index in [1.807, 2.05) is 28.1 Å². The third-order valence-electron chi connectivity index (χ3n) is 3.00. The summed E-state index contributed by atoms with van der Waals surface area (Å²) in [7, 11) is 0. The van der Waals surface area contributed by atoms with Gasteiger partial charge in [0, 0.05) is 35.4 Å². The standard InChI is InChI=1S/C15H19NO2S2/c1-11-8-16(9-12(2)20-11)15(18)13-7-14(19-10-13)5-3-4-6-17/h7,10-12,17H,4,6,8-9H2,1-2H3. The number of thioether (sulfide) groups is 1. The molecule has 1 fully saturated rings. The second-order valence-electron chi connectivity index (χ2n) is 4.94. The monoisotopic (exact) mass is 309 g/mol. The molecule has 20 heavy (non-hydrogen) atoms. The smallest absolute Gasteiger partial charge is 0.254 e. The van der Waals surface area contributed by atoms with Crippen LogP contribution in [0.5, 0.6) is 0 Å². The molecule has 5 heteroatoms. The third-order valence-corrected chi connectivity index (χ3v) is 5.07. The van der Waals surface area contributed by atoms with Gasteiger partial charge in [0.25, 0.3) is 5.91 Å². The zero-order valence-electron chi connectivity index (χ0n) is 11.8. The number of amides is 1. The first-order valence-electron chi connectivity index (χ1n) is 6.73. The fourth-order valence-corrected chi connectivity index (χ4v) is 4.32. The minimum atomic E-state index is 0.0748. The summed E-state index contributed by atoms with van der Waals surface area (Å²) in [5.41, 5.74) is 0.731. The van der Waals surface area contributed by atoms with Crippen molar-refractivity contribution in [2.24, 2.45) is 0 Å². The summed E-state index contributed by atoms with van der Waals surface area (Å²) >= 11 is 3.43. The van der Waals surface area contributed by atoms with Crippen molar-refractivity contribution in [2.45, 2.75) is 30.8 Å². The van der Waals surface area contributed by atoms with Gasteiger partial charge in [0.2, 0.25) is 0 Å². The van der Waals surface area contributed by atoms with Crippen LogP contribution in [0.1, 0.15) is 35.5 Å². The van der Waals surface area contributed by atoms with Crippen LogP contribution in [-0.4, -0.2) is 46.1 Å². The SMILES string of the molecule is CC1CN(C(=O)c2csc(C#CCCO)c2)CC(C)S1. The molecule has 1 aliphatic rings. The number of thiophene rings is 1. The average molecular weight is 309 g/mol. The number of nitrogens with zero attached hydrogens (tertiary/aromatic N) is 1. The Morgan fingerprint density at radius 1 is 1.45 bits per heavy atom. The molecule has 1 aromatic heterocycles. The lowest BCUT2D eigenvalue weighted by Gasteiger charge is -2.34. The van der Waals surface area contributed by atoms with Gasteiger partial charge in [-0.15, -0.1) is 11.3 Å². The zero-order valence-corrected chi connectivity index (χ0v) is 13.4. The van der Waals surface area contributed by atoms with Crippen LogP contribution >= 0.6 is 23.1 Å². The maximum absolute atomic E-state index is 12.5. The quantitative estimate of drug-likeness (QED) is 0.853. The van der Waals surface area contributed by atoms with Gasteiger partial charge < -0.3 is 10.0 Å². The molecule has 0 aromatic carbocycles. The van der Waals surface area contributed by atoms with Gasteiger partial charge in [-0.05, 0) is 6.07 Å². The second-order valence-corrected chi connectivity index (χ2v) is 7.74. The molecule has 1 aromatic rings. The van der Waals surface area contributed by atoms with Crippen LogP contribution in [0.15, 0.2) is 11.4 Å². The molecule has 2 atom stereocenters. The average Bonchev–Trinajstić information content (AvgIpc) is 2.86. The van der Waals surface area contributed by atoms with Gasteiger partial charge in [-0.2, -0.15) is 11.8 Å². The van der Waals surface area contributed by atoms with E-state index in [0.717, 1.165) is 23.5 Å². The summed E-state index contributed by atoms with van der Waals surface area (Å²) in [6, 6.07) is 1.86. The predicted molar refractivity (Wildman–Crippen MR) is 85.3 cm³/mol. The minimum Gasteiger partial charge on any atom is -0.395 e. The molecule has 1 aliphatic heterocycles. The van der Waals surface area contributed by atoms with E-state index in [0.29, 0.717) is 16.9 Å². The first-order chi connectivity index (χ1) is 9.60. The maximum Gasteiger partial charge on any atom is 0.254 e. The normalized spacial score (nSPS) is 22.2. The summed E-state index contributed by atoms with van der Waals surface area (Å²) < 4.78 is 0. The summed E-state index contributed by atoms with van der Waals surface area (Å²) in [6.45, 7) is 6.04. The fraction of sp³-hybridized carbons (Fsp3) is 0.533. The molecule has 0 radical (unpaired) electrons. The number of hydrogen-bond acceptors (Lipinski definition) is 4. The topological polar surface area (TPSA) is 40.5 Å². The molecule has 3 nitrogen and oxygen atoms in total. The molecule has 2 rings (SSSR count). The van der Waals surface area contributed by atoms with Crippen molar-refractivity contribution < 1.29 is 9.90 Å². The molecule has 0 aliphatic carbocycles. The maximum atomic E-state index is 12.5. The molecule has 108 valence electrons. The highest BCUT2D eigenvalue weighted by Gasteiger charge is 2.26. The van der Waals surface area contributed by atoms with Crippen molar-refractivity contribution in [1.29, 1.82) is 0 Å². The van der Waals surface area contributed by atoms with E-state index in [9.17, 15) is 4.79 Å². The van der Waals surface area contributed by atoms with E-state index in [1.54, 1.807) is 0 Å². The Bertz CT molecular complexity index is 519. The van der Waals surface area contributed by atoms with Crippen molar-refractivity contribution in [3.05, 3.63) is 21.9 Å². The van der Waals surface area contributed by atoms with Gasteiger partial charge in [-0.1, -0.05) is 25.7 Å². The largest absolute Gasteiger partial charge is 0.395 e. The van der Waals surface area contributed by atoms with Crippen LogP contribution in [0.3, 0.4) is 0 Å². The fourth-order valence-electron chi connectivity index (χ4n) is 2.25. The Balaban J connectivity index is 2.04. The molecule has 2 unspecified atom stereocenters. The van der Waals surface area contributed by atoms with Gasteiger partial charge in [-0.25, -0.2) is 0 Å². The first-order valence-corrected chi connectivity index (χ1v) is 8.55. The van der Waals surface area contributed by atoms with Crippen LogP contribution < -0.4 is 0 Å². The van der Waals surface area contributed by atoms with Gasteiger partial charge in [0.1, 0.15) is 0 Å². The molecule has 2 heterocycles. The number of rotatable bonds is 2. The Hall–Kier alpha value is -0.960. The molecule has 1 saturated heterocycles. The van der Waals surface area contributed by atoms with E-state index in [4.69, 9.17) is 5.11 Å². The summed E-state index contributed by atoms with van der Waals surface area (Å²) in [5, 5.41) is 11.6. The molecular weight excluding hydrogens is 290 g/mol. The molecular formula is C15H19NO2S2. The van der Waals surface area contributed by atoms with Crippen molar-refractivity contribution >= 4 is 29.0 Å². The molecule has 1 N–H and O–H groups in total. The molecule has 0 saturated carbocycles. The molecule has 0 bridgehead atoms. The highest BCUT2D eigenvalue weighted by Crippen LogP contribution is 2.26. The van der Waals surface area contributed by atoms with Crippen LogP contribution in [0.4, 0.5) is 0 Å². The number of aliphatic hydroxyl groups excluding tert-OH is 1. The van der Waals surface area contributed by atoms with Crippen LogP contribution in [0.2, 0.25) is 0 Å². The number of aliphatic hydroxyl groups is 1. The minimum absolute atomic E-state index is 0.0748. The van der Waals surface area contributed by atoms with E-state index in [1.165, 1.54) is 11.3 Å². The second kappa shape index (κ2) is 7.16. The highest BCUT2D eigenvalue weighted by atomic mass is 32.2. The van der Waals surface area contributed by atoms with E-state index >= 15 is 0 Å². The molecule has 0 spiro atoms. The van der Waals surface area contributed by atoms with Crippen LogP contribution in [0.25, 0.3) is 0 Å². The van der Waals surface area contributed by atoms with Crippen molar-refractivity contribution in [3.8, 4) is 11.8 Å². The van der Waals surface area contributed by atoms with Gasteiger partial charge in [-0.3, -0.25) is 4.79 Å². The predicted octanol–water partition coefficient (Wildman–Crippen LogP) is 2.45. The Morgan fingerprint density at radius 3 is 2.80 bits per heavy atom. The molecule has 1 amide bonds. The van der Waals surface area contributed by atoms with E-state index < -0.39 is 0 Å². The number of hydrogen-bond donors (Lipinski definition) is 1. The lowest BCUT2D eigenvalue weighted by atomic mass is 10.2. The van der Waals surface area contributed by atoms with Crippen molar-refractivity contribution in [3.63, 3.8) is 0 Å². The van der Waals surface area contributed by atoms with Crippen LogP contribution in [0, 0.1) is 11.8 Å². The van der Waals surface area contributed by atoms with Crippen LogP contribution in [-0.2, 0) is 0 Å². The Labute approximate surface area is 128 Å². The van der Waals surface area contributed by atoms with Gasteiger partial charge >= 0.3 is 0 Å².